The van der Waals surface area contributed by atoms with E-state index in [1.807, 2.05) is 45.0 Å². The summed E-state index contributed by atoms with van der Waals surface area (Å²) in [6, 6.07) is 14.1. The number of carbonyl (C=O) groups is 1. The number of unbranched alkanes of at least 4 members (excludes halogenated alkanes) is 3. The van der Waals surface area contributed by atoms with Crippen LogP contribution in [-0.4, -0.2) is 26.6 Å². The number of ether oxygens (including phenoxy) is 2. The lowest BCUT2D eigenvalue weighted by Gasteiger charge is -2.19. The van der Waals surface area contributed by atoms with E-state index in [4.69, 9.17) is 14.6 Å². The Morgan fingerprint density at radius 2 is 1.64 bits per heavy atom. The van der Waals surface area contributed by atoms with Crippen LogP contribution in [0.25, 0.3) is 0 Å². The van der Waals surface area contributed by atoms with E-state index in [9.17, 15) is 13.2 Å². The van der Waals surface area contributed by atoms with Crippen LogP contribution in [0.2, 0.25) is 0 Å². The van der Waals surface area contributed by atoms with Gasteiger partial charge in [-0.3, -0.25) is 4.79 Å². The van der Waals surface area contributed by atoms with Gasteiger partial charge in [0.1, 0.15) is 11.4 Å². The number of benzene rings is 2. The summed E-state index contributed by atoms with van der Waals surface area (Å²) in [7, 11) is -3.69. The second-order valence-corrected chi connectivity index (χ2v) is 10.3. The van der Waals surface area contributed by atoms with E-state index in [1.54, 1.807) is 12.1 Å². The zero-order valence-electron chi connectivity index (χ0n) is 19.6. The zero-order valence-corrected chi connectivity index (χ0v) is 20.4. The minimum absolute atomic E-state index is 0.0624. The molecular formula is C26H33NO5S. The molecule has 2 N–H and O–H groups in total. The van der Waals surface area contributed by atoms with Crippen molar-refractivity contribution in [3.63, 3.8) is 0 Å². The highest BCUT2D eigenvalue weighted by atomic mass is 32.2. The molecule has 0 heterocycles. The highest BCUT2D eigenvalue weighted by molar-refractivity contribution is 7.89. The van der Waals surface area contributed by atoms with Crippen LogP contribution in [0.4, 0.5) is 0 Å². The summed E-state index contributed by atoms with van der Waals surface area (Å²) in [5.74, 6) is 6.81. The SMILES string of the molecule is CC(C)(C)OC(=O)CCCCCC#Cc1ccc(CCOc2ccc(S(N)(=O)=O)cc2)cc1. The molecule has 0 aliphatic heterocycles. The van der Waals surface area contributed by atoms with Crippen LogP contribution in [0.15, 0.2) is 53.4 Å². The summed E-state index contributed by atoms with van der Waals surface area (Å²) in [6.45, 7) is 6.10. The van der Waals surface area contributed by atoms with Gasteiger partial charge in [-0.1, -0.05) is 30.4 Å². The number of primary sulfonamides is 1. The maximum atomic E-state index is 11.7. The van der Waals surface area contributed by atoms with Crippen LogP contribution in [0, 0.1) is 11.8 Å². The smallest absolute Gasteiger partial charge is 0.306 e. The molecule has 6 nitrogen and oxygen atoms in total. The molecule has 2 aromatic rings. The van der Waals surface area contributed by atoms with E-state index >= 15 is 0 Å². The first-order valence-electron chi connectivity index (χ1n) is 11.1. The fourth-order valence-electron chi connectivity index (χ4n) is 2.98. The van der Waals surface area contributed by atoms with Crippen LogP contribution in [0.3, 0.4) is 0 Å². The average Bonchev–Trinajstić information content (AvgIpc) is 2.72. The van der Waals surface area contributed by atoms with E-state index in [0.717, 1.165) is 43.2 Å². The Kier molecular flexibility index (Phi) is 9.95. The largest absolute Gasteiger partial charge is 0.493 e. The Morgan fingerprint density at radius 3 is 2.24 bits per heavy atom. The Balaban J connectivity index is 1.65. The molecule has 0 atom stereocenters. The second kappa shape index (κ2) is 12.4. The summed E-state index contributed by atoms with van der Waals surface area (Å²) < 4.78 is 33.5. The van der Waals surface area contributed by atoms with Gasteiger partial charge < -0.3 is 9.47 Å². The lowest BCUT2D eigenvalue weighted by molar-refractivity contribution is -0.154. The van der Waals surface area contributed by atoms with Gasteiger partial charge in [0.15, 0.2) is 0 Å². The highest BCUT2D eigenvalue weighted by Gasteiger charge is 2.15. The number of nitrogens with two attached hydrogens (primary N) is 1. The monoisotopic (exact) mass is 471 g/mol. The van der Waals surface area contributed by atoms with E-state index in [2.05, 4.69) is 11.8 Å². The Labute approximate surface area is 197 Å². The third-order valence-corrected chi connectivity index (χ3v) is 5.53. The molecule has 2 rings (SSSR count). The molecule has 0 saturated heterocycles. The predicted octanol–water partition coefficient (Wildman–Crippen LogP) is 4.60. The van der Waals surface area contributed by atoms with Gasteiger partial charge in [-0.15, -0.1) is 0 Å². The van der Waals surface area contributed by atoms with Gasteiger partial charge in [-0.2, -0.15) is 0 Å². The van der Waals surface area contributed by atoms with Crippen LogP contribution in [0.5, 0.6) is 5.75 Å². The molecule has 0 radical (unpaired) electrons. The molecule has 0 aliphatic rings. The van der Waals surface area contributed by atoms with Gasteiger partial charge in [-0.05, 0) is 75.6 Å². The van der Waals surface area contributed by atoms with E-state index in [0.29, 0.717) is 18.8 Å². The Bertz CT molecular complexity index is 1060. The van der Waals surface area contributed by atoms with Gasteiger partial charge in [0.05, 0.1) is 11.5 Å². The van der Waals surface area contributed by atoms with Crippen LogP contribution in [-0.2, 0) is 26.0 Å². The fraction of sp³-hybridized carbons (Fsp3) is 0.423. The number of esters is 1. The molecule has 0 saturated carbocycles. The highest BCUT2D eigenvalue weighted by Crippen LogP contribution is 2.15. The number of sulfonamides is 1. The van der Waals surface area contributed by atoms with E-state index in [-0.39, 0.29) is 10.9 Å². The quantitative estimate of drug-likeness (QED) is 0.310. The standard InChI is InChI=1S/C26H33NO5S/c1-26(2,3)32-25(28)10-8-6-4-5-7-9-21-11-13-22(14-12-21)19-20-31-23-15-17-24(18-16-23)33(27,29)30/h11-18H,4-6,8,10,19-20H2,1-3H3,(H2,27,29,30). The number of rotatable bonds is 10. The number of hydrogen-bond donors (Lipinski definition) is 1. The minimum Gasteiger partial charge on any atom is -0.493 e. The van der Waals surface area contributed by atoms with Crippen LogP contribution >= 0.6 is 0 Å². The predicted molar refractivity (Wildman–Crippen MR) is 129 cm³/mol. The summed E-state index contributed by atoms with van der Waals surface area (Å²) in [5.41, 5.74) is 1.67. The number of carbonyl (C=O) groups excluding carboxylic acids is 1. The van der Waals surface area contributed by atoms with Crippen LogP contribution < -0.4 is 9.88 Å². The lowest BCUT2D eigenvalue weighted by atomic mass is 10.1. The molecule has 0 unspecified atom stereocenters. The maximum Gasteiger partial charge on any atom is 0.306 e. The molecule has 0 spiro atoms. The molecule has 0 aliphatic carbocycles. The summed E-state index contributed by atoms with van der Waals surface area (Å²) >= 11 is 0. The third-order valence-electron chi connectivity index (χ3n) is 4.60. The van der Waals surface area contributed by atoms with Crippen molar-refractivity contribution < 1.29 is 22.7 Å². The van der Waals surface area contributed by atoms with Crippen molar-refractivity contribution in [3.05, 3.63) is 59.7 Å². The summed E-state index contributed by atoms with van der Waals surface area (Å²) in [5, 5.41) is 5.09. The Morgan fingerprint density at radius 1 is 0.970 bits per heavy atom. The molecule has 2 aromatic carbocycles. The summed E-state index contributed by atoms with van der Waals surface area (Å²) in [4.78, 5) is 11.7. The molecule has 0 fully saturated rings. The first-order chi connectivity index (χ1) is 15.5. The molecular weight excluding hydrogens is 438 g/mol. The van der Waals surface area contributed by atoms with Gasteiger partial charge in [0, 0.05) is 24.8 Å². The zero-order chi connectivity index (χ0) is 24.3. The minimum atomic E-state index is -3.69. The molecule has 0 aromatic heterocycles. The van der Waals surface area contributed by atoms with Crippen molar-refractivity contribution in [2.75, 3.05) is 6.61 Å². The molecule has 7 heteroatoms. The molecule has 178 valence electrons. The van der Waals surface area contributed by atoms with Crippen molar-refractivity contribution in [1.29, 1.82) is 0 Å². The van der Waals surface area contributed by atoms with Crippen molar-refractivity contribution in [3.8, 4) is 17.6 Å². The van der Waals surface area contributed by atoms with Crippen molar-refractivity contribution in [2.45, 2.75) is 69.8 Å². The summed E-state index contributed by atoms with van der Waals surface area (Å²) in [6.07, 6.45) is 4.72. The second-order valence-electron chi connectivity index (χ2n) is 8.76. The van der Waals surface area contributed by atoms with Crippen LogP contribution in [0.1, 0.15) is 64.0 Å². The Hall–Kier alpha value is -2.82. The molecule has 0 amide bonds. The number of hydrogen-bond acceptors (Lipinski definition) is 5. The maximum absolute atomic E-state index is 11.7. The van der Waals surface area contributed by atoms with Gasteiger partial charge in [-0.25, -0.2) is 13.6 Å². The van der Waals surface area contributed by atoms with Gasteiger partial charge in [0.2, 0.25) is 10.0 Å². The third kappa shape index (κ3) is 11.0. The van der Waals surface area contributed by atoms with Gasteiger partial charge in [0.25, 0.3) is 0 Å². The first kappa shape index (κ1) is 26.4. The fourth-order valence-corrected chi connectivity index (χ4v) is 3.50. The van der Waals surface area contributed by atoms with Crippen molar-refractivity contribution in [1.82, 2.24) is 0 Å². The van der Waals surface area contributed by atoms with Gasteiger partial charge >= 0.3 is 5.97 Å². The van der Waals surface area contributed by atoms with E-state index < -0.39 is 15.6 Å². The topological polar surface area (TPSA) is 95.7 Å². The van der Waals surface area contributed by atoms with Crippen molar-refractivity contribution in [2.24, 2.45) is 5.14 Å². The molecule has 33 heavy (non-hydrogen) atoms. The normalized spacial score (nSPS) is 11.4. The average molecular weight is 472 g/mol. The van der Waals surface area contributed by atoms with E-state index in [1.165, 1.54) is 12.1 Å². The first-order valence-corrected chi connectivity index (χ1v) is 12.6. The van der Waals surface area contributed by atoms with Crippen molar-refractivity contribution >= 4 is 16.0 Å². The lowest BCUT2D eigenvalue weighted by Crippen LogP contribution is -2.23. The molecule has 0 bridgehead atoms.